The normalized spacial score (nSPS) is 16.4. The first-order valence-electron chi connectivity index (χ1n) is 6.08. The van der Waals surface area contributed by atoms with Gasteiger partial charge in [-0.1, -0.05) is 34.1 Å². The third-order valence-corrected chi connectivity index (χ3v) is 3.27. The van der Waals surface area contributed by atoms with Gasteiger partial charge in [0.05, 0.1) is 0 Å². The summed E-state index contributed by atoms with van der Waals surface area (Å²) < 4.78 is 0. The molecule has 1 atom stereocenters. The number of hydrogen-bond donors (Lipinski definition) is 1. The Hall–Kier alpha value is -0.120. The van der Waals surface area contributed by atoms with Gasteiger partial charge in [-0.15, -0.1) is 0 Å². The molecule has 0 heterocycles. The third-order valence-electron chi connectivity index (χ3n) is 3.27. The molecule has 0 amide bonds. The van der Waals surface area contributed by atoms with E-state index in [9.17, 15) is 0 Å². The van der Waals surface area contributed by atoms with Crippen LogP contribution >= 0.6 is 0 Å². The van der Waals surface area contributed by atoms with E-state index in [-0.39, 0.29) is 5.54 Å². The largest absolute Gasteiger partial charge is 0.324 e. The molecule has 0 aliphatic heterocycles. The van der Waals surface area contributed by atoms with Crippen LogP contribution in [-0.2, 0) is 0 Å². The first-order chi connectivity index (χ1) is 6.87. The molecule has 3 nitrogen and oxygen atoms in total. The second kappa shape index (κ2) is 6.46. The maximum atomic E-state index is 6.50. The number of nitrogens with two attached hydrogens (primary N) is 1. The van der Waals surface area contributed by atoms with E-state index in [1.54, 1.807) is 0 Å². The second-order valence-electron chi connectivity index (χ2n) is 4.97. The summed E-state index contributed by atoms with van der Waals surface area (Å²) in [6.07, 6.45) is 2.24. The Morgan fingerprint density at radius 3 is 2.00 bits per heavy atom. The van der Waals surface area contributed by atoms with E-state index in [0.29, 0.717) is 5.92 Å². The minimum atomic E-state index is -0.0605. The van der Waals surface area contributed by atoms with Crippen molar-refractivity contribution >= 4 is 0 Å². The van der Waals surface area contributed by atoms with Gasteiger partial charge < -0.3 is 5.73 Å². The highest BCUT2D eigenvalue weighted by molar-refractivity contribution is 4.89. The summed E-state index contributed by atoms with van der Waals surface area (Å²) in [5, 5.41) is 4.44. The van der Waals surface area contributed by atoms with E-state index in [2.05, 4.69) is 51.8 Å². The number of hydrazine groups is 1. The monoisotopic (exact) mass is 215 g/mol. The van der Waals surface area contributed by atoms with E-state index in [1.807, 2.05) is 0 Å². The zero-order valence-corrected chi connectivity index (χ0v) is 11.4. The molecule has 92 valence electrons. The Labute approximate surface area is 95.6 Å². The molecule has 0 saturated carbocycles. The molecule has 15 heavy (non-hydrogen) atoms. The van der Waals surface area contributed by atoms with Gasteiger partial charge in [-0.3, -0.25) is 0 Å². The topological polar surface area (TPSA) is 32.5 Å². The van der Waals surface area contributed by atoms with Crippen molar-refractivity contribution < 1.29 is 0 Å². The van der Waals surface area contributed by atoms with Crippen molar-refractivity contribution in [1.82, 2.24) is 10.0 Å². The fourth-order valence-electron chi connectivity index (χ4n) is 1.89. The molecule has 0 saturated heterocycles. The molecule has 0 radical (unpaired) electrons. The van der Waals surface area contributed by atoms with Crippen LogP contribution in [0.3, 0.4) is 0 Å². The quantitative estimate of drug-likeness (QED) is 0.659. The van der Waals surface area contributed by atoms with Crippen molar-refractivity contribution in [3.8, 4) is 0 Å². The fraction of sp³-hybridized carbons (Fsp3) is 1.00. The standard InChI is InChI=1S/C12H29N3/c1-7-9-12(13,11(3)4)10-15(8-2)14(5)6/h11H,7-10,13H2,1-6H3. The zero-order valence-electron chi connectivity index (χ0n) is 11.4. The Morgan fingerprint density at radius 1 is 1.20 bits per heavy atom. The van der Waals surface area contributed by atoms with Gasteiger partial charge in [0, 0.05) is 32.7 Å². The molecule has 0 aliphatic carbocycles. The summed E-state index contributed by atoms with van der Waals surface area (Å²) in [7, 11) is 4.16. The van der Waals surface area contributed by atoms with Crippen LogP contribution in [0.1, 0.15) is 40.5 Å². The van der Waals surface area contributed by atoms with Crippen molar-refractivity contribution in [1.29, 1.82) is 0 Å². The molecule has 0 aromatic carbocycles. The van der Waals surface area contributed by atoms with Crippen LogP contribution in [-0.4, -0.2) is 42.7 Å². The maximum absolute atomic E-state index is 6.50. The minimum Gasteiger partial charge on any atom is -0.324 e. The summed E-state index contributed by atoms with van der Waals surface area (Å²) in [5.41, 5.74) is 6.44. The van der Waals surface area contributed by atoms with Crippen molar-refractivity contribution in [2.45, 2.75) is 46.1 Å². The lowest BCUT2D eigenvalue weighted by molar-refractivity contribution is -0.00190. The number of likely N-dealkylation sites (N-methyl/N-ethyl adjacent to an activating group) is 1. The molecular formula is C12H29N3. The van der Waals surface area contributed by atoms with Gasteiger partial charge in [0.1, 0.15) is 0 Å². The lowest BCUT2D eigenvalue weighted by atomic mass is 9.83. The Morgan fingerprint density at radius 2 is 1.73 bits per heavy atom. The molecule has 1 unspecified atom stereocenters. The molecule has 2 N–H and O–H groups in total. The molecule has 3 heteroatoms. The molecular weight excluding hydrogens is 186 g/mol. The molecule has 0 aromatic rings. The Bertz CT molecular complexity index is 168. The highest BCUT2D eigenvalue weighted by Crippen LogP contribution is 2.21. The molecule has 0 spiro atoms. The van der Waals surface area contributed by atoms with Crippen LogP contribution in [0.25, 0.3) is 0 Å². The van der Waals surface area contributed by atoms with Crippen LogP contribution < -0.4 is 5.73 Å². The first-order valence-corrected chi connectivity index (χ1v) is 6.08. The zero-order chi connectivity index (χ0) is 12.1. The van der Waals surface area contributed by atoms with Crippen LogP contribution in [0.2, 0.25) is 0 Å². The molecule has 0 aromatic heterocycles. The SMILES string of the molecule is CCCC(N)(CN(CC)N(C)C)C(C)C. The third kappa shape index (κ3) is 4.49. The van der Waals surface area contributed by atoms with E-state index in [4.69, 9.17) is 5.73 Å². The number of nitrogens with zero attached hydrogens (tertiary/aromatic N) is 2. The molecule has 0 bridgehead atoms. The highest BCUT2D eigenvalue weighted by atomic mass is 15.6. The first kappa shape index (κ1) is 14.9. The molecule has 0 fully saturated rings. The predicted molar refractivity (Wildman–Crippen MR) is 67.6 cm³/mol. The van der Waals surface area contributed by atoms with E-state index < -0.39 is 0 Å². The van der Waals surface area contributed by atoms with Crippen molar-refractivity contribution in [3.05, 3.63) is 0 Å². The van der Waals surface area contributed by atoms with E-state index >= 15 is 0 Å². The van der Waals surface area contributed by atoms with Gasteiger partial charge in [-0.2, -0.15) is 0 Å². The summed E-state index contributed by atoms with van der Waals surface area (Å²) >= 11 is 0. The van der Waals surface area contributed by atoms with Crippen LogP contribution in [0.15, 0.2) is 0 Å². The number of hydrogen-bond acceptors (Lipinski definition) is 3. The fourth-order valence-corrected chi connectivity index (χ4v) is 1.89. The summed E-state index contributed by atoms with van der Waals surface area (Å²) in [4.78, 5) is 0. The van der Waals surface area contributed by atoms with Crippen LogP contribution in [0, 0.1) is 5.92 Å². The smallest absolute Gasteiger partial charge is 0.0320 e. The highest BCUT2D eigenvalue weighted by Gasteiger charge is 2.30. The summed E-state index contributed by atoms with van der Waals surface area (Å²) in [5.74, 6) is 0.520. The molecule has 0 rings (SSSR count). The lowest BCUT2D eigenvalue weighted by Crippen LogP contribution is -2.56. The Kier molecular flexibility index (Phi) is 6.41. The van der Waals surface area contributed by atoms with Gasteiger partial charge >= 0.3 is 0 Å². The number of rotatable bonds is 7. The van der Waals surface area contributed by atoms with E-state index in [0.717, 1.165) is 25.9 Å². The van der Waals surface area contributed by atoms with Gasteiger partial charge in [0.2, 0.25) is 0 Å². The van der Waals surface area contributed by atoms with Gasteiger partial charge in [-0.25, -0.2) is 10.0 Å². The van der Waals surface area contributed by atoms with Crippen molar-refractivity contribution in [2.24, 2.45) is 11.7 Å². The van der Waals surface area contributed by atoms with Crippen molar-refractivity contribution in [2.75, 3.05) is 27.2 Å². The lowest BCUT2D eigenvalue weighted by Gasteiger charge is -2.40. The second-order valence-corrected chi connectivity index (χ2v) is 4.97. The summed E-state index contributed by atoms with van der Waals surface area (Å²) in [6.45, 7) is 10.8. The van der Waals surface area contributed by atoms with Crippen LogP contribution in [0.5, 0.6) is 0 Å². The van der Waals surface area contributed by atoms with Crippen molar-refractivity contribution in [3.63, 3.8) is 0 Å². The average Bonchev–Trinajstić information content (AvgIpc) is 2.14. The maximum Gasteiger partial charge on any atom is 0.0320 e. The average molecular weight is 215 g/mol. The van der Waals surface area contributed by atoms with Gasteiger partial charge in [-0.05, 0) is 12.3 Å². The van der Waals surface area contributed by atoms with Crippen LogP contribution in [0.4, 0.5) is 0 Å². The van der Waals surface area contributed by atoms with E-state index in [1.165, 1.54) is 0 Å². The molecule has 0 aliphatic rings. The minimum absolute atomic E-state index is 0.0605. The van der Waals surface area contributed by atoms with Gasteiger partial charge in [0.15, 0.2) is 0 Å². The summed E-state index contributed by atoms with van der Waals surface area (Å²) in [6, 6.07) is 0. The van der Waals surface area contributed by atoms with Gasteiger partial charge in [0.25, 0.3) is 0 Å². The Balaban J connectivity index is 4.51. The predicted octanol–water partition coefficient (Wildman–Crippen LogP) is 1.94.